The predicted molar refractivity (Wildman–Crippen MR) is 99.1 cm³/mol. The van der Waals surface area contributed by atoms with E-state index in [1.165, 1.54) is 0 Å². The summed E-state index contributed by atoms with van der Waals surface area (Å²) in [5.74, 6) is 1.02. The standard InChI is InChI=1S/C17H25BrN2O2.ClH/c18-13-4-10-16(11-5-13)22-12-2-1-3-17(21)20-15-8-6-14(19)7-9-15;/h4-5,10-11,14-15H,1-3,6-9,12,19H2,(H,20,21);1H. The third-order valence-corrected chi connectivity index (χ3v) is 4.55. The molecule has 1 aromatic rings. The van der Waals surface area contributed by atoms with Gasteiger partial charge < -0.3 is 15.8 Å². The lowest BCUT2D eigenvalue weighted by molar-refractivity contribution is -0.122. The van der Waals surface area contributed by atoms with Gasteiger partial charge in [-0.25, -0.2) is 0 Å². The van der Waals surface area contributed by atoms with E-state index in [9.17, 15) is 4.79 Å². The normalized spacial score (nSPS) is 20.4. The molecule has 1 fully saturated rings. The van der Waals surface area contributed by atoms with Crippen LogP contribution in [0.2, 0.25) is 0 Å². The fourth-order valence-electron chi connectivity index (χ4n) is 2.67. The molecule has 0 aliphatic heterocycles. The van der Waals surface area contributed by atoms with Crippen molar-refractivity contribution in [2.45, 2.75) is 57.0 Å². The highest BCUT2D eigenvalue weighted by Crippen LogP contribution is 2.18. The summed E-state index contributed by atoms with van der Waals surface area (Å²) in [6, 6.07) is 8.43. The van der Waals surface area contributed by atoms with Crippen LogP contribution in [0.5, 0.6) is 5.75 Å². The summed E-state index contributed by atoms with van der Waals surface area (Å²) in [5.41, 5.74) is 5.87. The molecule has 0 radical (unpaired) electrons. The molecule has 4 nitrogen and oxygen atoms in total. The Morgan fingerprint density at radius 1 is 1.17 bits per heavy atom. The Bertz CT molecular complexity index is 462. The zero-order chi connectivity index (χ0) is 15.8. The molecular formula is C17H26BrClN2O2. The Hall–Kier alpha value is -0.780. The Balaban J connectivity index is 0.00000264. The van der Waals surface area contributed by atoms with Gasteiger partial charge in [0, 0.05) is 23.0 Å². The number of unbranched alkanes of at least 4 members (excludes halogenated alkanes) is 1. The molecule has 3 N–H and O–H groups in total. The Morgan fingerprint density at radius 2 is 1.83 bits per heavy atom. The van der Waals surface area contributed by atoms with Crippen molar-refractivity contribution in [1.82, 2.24) is 5.32 Å². The van der Waals surface area contributed by atoms with Gasteiger partial charge >= 0.3 is 0 Å². The third-order valence-electron chi connectivity index (χ3n) is 4.02. The van der Waals surface area contributed by atoms with E-state index in [-0.39, 0.29) is 18.3 Å². The first kappa shape index (κ1) is 20.3. The molecule has 0 atom stereocenters. The number of rotatable bonds is 7. The maximum absolute atomic E-state index is 11.9. The van der Waals surface area contributed by atoms with Crippen molar-refractivity contribution in [2.24, 2.45) is 5.73 Å². The minimum atomic E-state index is 0. The van der Waals surface area contributed by atoms with Gasteiger partial charge in [-0.05, 0) is 62.8 Å². The lowest BCUT2D eigenvalue weighted by Crippen LogP contribution is -2.40. The van der Waals surface area contributed by atoms with Crippen molar-refractivity contribution in [3.8, 4) is 5.75 Å². The van der Waals surface area contributed by atoms with E-state index >= 15 is 0 Å². The van der Waals surface area contributed by atoms with Gasteiger partial charge in [0.2, 0.25) is 5.91 Å². The number of hydrogen-bond donors (Lipinski definition) is 2. The van der Waals surface area contributed by atoms with Crippen molar-refractivity contribution in [2.75, 3.05) is 6.61 Å². The molecule has 0 saturated heterocycles. The first-order chi connectivity index (χ1) is 10.6. The van der Waals surface area contributed by atoms with E-state index in [0.29, 0.717) is 25.1 Å². The molecule has 1 aliphatic rings. The van der Waals surface area contributed by atoms with Crippen LogP contribution in [-0.4, -0.2) is 24.6 Å². The molecular weight excluding hydrogens is 380 g/mol. The minimum absolute atomic E-state index is 0. The lowest BCUT2D eigenvalue weighted by Gasteiger charge is -2.26. The van der Waals surface area contributed by atoms with Gasteiger partial charge in [-0.1, -0.05) is 15.9 Å². The van der Waals surface area contributed by atoms with E-state index < -0.39 is 0 Å². The first-order valence-electron chi connectivity index (χ1n) is 8.07. The topological polar surface area (TPSA) is 64.3 Å². The summed E-state index contributed by atoms with van der Waals surface area (Å²) in [4.78, 5) is 11.9. The number of nitrogens with one attached hydrogen (secondary N) is 1. The summed E-state index contributed by atoms with van der Waals surface area (Å²) < 4.78 is 6.68. The molecule has 23 heavy (non-hydrogen) atoms. The van der Waals surface area contributed by atoms with E-state index in [2.05, 4.69) is 21.2 Å². The molecule has 1 saturated carbocycles. The van der Waals surface area contributed by atoms with Crippen LogP contribution in [0.15, 0.2) is 28.7 Å². The summed E-state index contributed by atoms with van der Waals surface area (Å²) >= 11 is 3.39. The van der Waals surface area contributed by atoms with E-state index in [1.807, 2.05) is 24.3 Å². The summed E-state index contributed by atoms with van der Waals surface area (Å²) in [5, 5.41) is 3.11. The number of carbonyl (C=O) groups excluding carboxylic acids is 1. The van der Waals surface area contributed by atoms with E-state index in [1.54, 1.807) is 0 Å². The average molecular weight is 406 g/mol. The molecule has 0 aromatic heterocycles. The van der Waals surface area contributed by atoms with Gasteiger partial charge in [0.25, 0.3) is 0 Å². The fourth-order valence-corrected chi connectivity index (χ4v) is 2.94. The second kappa shape index (κ2) is 10.9. The molecule has 0 heterocycles. The van der Waals surface area contributed by atoms with Crippen LogP contribution in [0.4, 0.5) is 0 Å². The number of benzene rings is 1. The summed E-state index contributed by atoms with van der Waals surface area (Å²) in [6.45, 7) is 0.646. The quantitative estimate of drug-likeness (QED) is 0.678. The number of hydrogen-bond acceptors (Lipinski definition) is 3. The molecule has 0 spiro atoms. The molecule has 1 amide bonds. The highest BCUT2D eigenvalue weighted by molar-refractivity contribution is 9.10. The Kier molecular flexibility index (Phi) is 9.60. The SMILES string of the molecule is Cl.NC1CCC(NC(=O)CCCCOc2ccc(Br)cc2)CC1. The van der Waals surface area contributed by atoms with Crippen LogP contribution in [0.25, 0.3) is 0 Å². The van der Waals surface area contributed by atoms with Gasteiger partial charge in [0.1, 0.15) is 5.75 Å². The van der Waals surface area contributed by atoms with Crippen molar-refractivity contribution in [1.29, 1.82) is 0 Å². The molecule has 0 unspecified atom stereocenters. The average Bonchev–Trinajstić information content (AvgIpc) is 2.51. The van der Waals surface area contributed by atoms with Gasteiger partial charge in [-0.2, -0.15) is 0 Å². The van der Waals surface area contributed by atoms with Crippen LogP contribution in [0.1, 0.15) is 44.9 Å². The number of halogens is 2. The largest absolute Gasteiger partial charge is 0.494 e. The Labute approximate surface area is 153 Å². The molecule has 6 heteroatoms. The van der Waals surface area contributed by atoms with Crippen molar-refractivity contribution in [3.63, 3.8) is 0 Å². The van der Waals surface area contributed by atoms with Crippen LogP contribution >= 0.6 is 28.3 Å². The molecule has 130 valence electrons. The second-order valence-corrected chi connectivity index (χ2v) is 6.85. The third kappa shape index (κ3) is 8.04. The van der Waals surface area contributed by atoms with Gasteiger partial charge in [-0.3, -0.25) is 4.79 Å². The highest BCUT2D eigenvalue weighted by atomic mass is 79.9. The van der Waals surface area contributed by atoms with Crippen LogP contribution in [-0.2, 0) is 4.79 Å². The summed E-state index contributed by atoms with van der Waals surface area (Å²) in [6.07, 6.45) is 6.39. The molecule has 1 aromatic carbocycles. The first-order valence-corrected chi connectivity index (χ1v) is 8.86. The van der Waals surface area contributed by atoms with Crippen molar-refractivity contribution in [3.05, 3.63) is 28.7 Å². The van der Waals surface area contributed by atoms with Crippen LogP contribution < -0.4 is 15.8 Å². The van der Waals surface area contributed by atoms with Crippen LogP contribution in [0, 0.1) is 0 Å². The zero-order valence-electron chi connectivity index (χ0n) is 13.3. The fraction of sp³-hybridized carbons (Fsp3) is 0.588. The highest BCUT2D eigenvalue weighted by Gasteiger charge is 2.19. The number of carbonyl (C=O) groups is 1. The Morgan fingerprint density at radius 3 is 2.48 bits per heavy atom. The number of ether oxygens (including phenoxy) is 1. The molecule has 1 aliphatic carbocycles. The van der Waals surface area contributed by atoms with Gasteiger partial charge in [0.15, 0.2) is 0 Å². The number of amides is 1. The van der Waals surface area contributed by atoms with E-state index in [4.69, 9.17) is 10.5 Å². The predicted octanol–water partition coefficient (Wildman–Crippen LogP) is 3.81. The molecule has 0 bridgehead atoms. The van der Waals surface area contributed by atoms with E-state index in [0.717, 1.165) is 48.7 Å². The van der Waals surface area contributed by atoms with Crippen molar-refractivity contribution >= 4 is 34.2 Å². The van der Waals surface area contributed by atoms with Gasteiger partial charge in [0.05, 0.1) is 6.61 Å². The van der Waals surface area contributed by atoms with Crippen molar-refractivity contribution < 1.29 is 9.53 Å². The second-order valence-electron chi connectivity index (χ2n) is 5.94. The lowest BCUT2D eigenvalue weighted by atomic mass is 9.92. The maximum Gasteiger partial charge on any atom is 0.220 e. The summed E-state index contributed by atoms with van der Waals surface area (Å²) in [7, 11) is 0. The minimum Gasteiger partial charge on any atom is -0.494 e. The smallest absolute Gasteiger partial charge is 0.220 e. The number of nitrogens with two attached hydrogens (primary N) is 1. The van der Waals surface area contributed by atoms with Crippen LogP contribution in [0.3, 0.4) is 0 Å². The monoisotopic (exact) mass is 404 g/mol. The zero-order valence-corrected chi connectivity index (χ0v) is 15.7. The maximum atomic E-state index is 11.9. The molecule has 2 rings (SSSR count). The van der Waals surface area contributed by atoms with Gasteiger partial charge in [-0.15, -0.1) is 12.4 Å².